The summed E-state index contributed by atoms with van der Waals surface area (Å²) < 4.78 is 6.39. The van der Waals surface area contributed by atoms with Gasteiger partial charge in [-0.15, -0.1) is 22.7 Å². The van der Waals surface area contributed by atoms with Crippen molar-refractivity contribution in [1.29, 1.82) is 0 Å². The van der Waals surface area contributed by atoms with Crippen LogP contribution in [0.25, 0.3) is 11.1 Å². The number of amides is 1. The molecule has 0 radical (unpaired) electrons. The molecule has 30 heavy (non-hydrogen) atoms. The molecule has 3 rings (SSSR count). The maximum Gasteiger partial charge on any atom is 0.342 e. The Morgan fingerprint density at radius 2 is 1.67 bits per heavy atom. The summed E-state index contributed by atoms with van der Waals surface area (Å²) in [4.78, 5) is 27.3. The number of halogens is 1. The van der Waals surface area contributed by atoms with Gasteiger partial charge in [0.15, 0.2) is 0 Å². The van der Waals surface area contributed by atoms with Gasteiger partial charge in [-0.05, 0) is 65.9 Å². The van der Waals surface area contributed by atoms with Crippen LogP contribution < -0.4 is 5.32 Å². The average Bonchev–Trinajstić information content (AvgIpc) is 3.24. The Balaban J connectivity index is 2.05. The number of hydrogen-bond acceptors (Lipinski definition) is 5. The molecule has 0 aliphatic heterocycles. The molecule has 0 bridgehead atoms. The van der Waals surface area contributed by atoms with Crippen molar-refractivity contribution in [2.45, 2.75) is 46.6 Å². The van der Waals surface area contributed by atoms with Gasteiger partial charge in [-0.25, -0.2) is 4.79 Å². The lowest BCUT2D eigenvalue weighted by atomic mass is 9.97. The third-order valence-electron chi connectivity index (χ3n) is 4.52. The molecule has 0 aliphatic rings. The molecule has 0 aliphatic carbocycles. The molecule has 0 fully saturated rings. The van der Waals surface area contributed by atoms with Crippen molar-refractivity contribution in [2.24, 2.45) is 0 Å². The Bertz CT molecular complexity index is 1060. The molecule has 2 aromatic heterocycles. The molecule has 3 aromatic rings. The number of thiophene rings is 2. The van der Waals surface area contributed by atoms with Crippen LogP contribution in [0.5, 0.6) is 0 Å². The Morgan fingerprint density at radius 3 is 2.20 bits per heavy atom. The minimum absolute atomic E-state index is 0.243. The van der Waals surface area contributed by atoms with Crippen molar-refractivity contribution in [2.75, 3.05) is 5.32 Å². The van der Waals surface area contributed by atoms with Gasteiger partial charge in [0.05, 0.1) is 14.8 Å². The zero-order valence-electron chi connectivity index (χ0n) is 17.5. The van der Waals surface area contributed by atoms with E-state index in [1.165, 1.54) is 28.2 Å². The van der Waals surface area contributed by atoms with E-state index < -0.39 is 5.97 Å². The van der Waals surface area contributed by atoms with E-state index in [0.717, 1.165) is 19.8 Å². The highest BCUT2D eigenvalue weighted by Gasteiger charge is 2.27. The number of carbonyl (C=O) groups excluding carboxylic acids is 2. The maximum absolute atomic E-state index is 13.0. The number of aryl methyl sites for hydroxylation is 1. The Labute approximate surface area is 193 Å². The molecule has 4 nitrogen and oxygen atoms in total. The molecule has 7 heteroatoms. The van der Waals surface area contributed by atoms with Gasteiger partial charge in [0, 0.05) is 10.4 Å². The van der Waals surface area contributed by atoms with E-state index >= 15 is 0 Å². The molecule has 1 N–H and O–H groups in total. The largest absolute Gasteiger partial charge is 0.459 e. The molecule has 2 heterocycles. The smallest absolute Gasteiger partial charge is 0.342 e. The highest BCUT2D eigenvalue weighted by atomic mass is 79.9. The van der Waals surface area contributed by atoms with Crippen LogP contribution in [0.2, 0.25) is 0 Å². The van der Waals surface area contributed by atoms with Crippen LogP contribution >= 0.6 is 38.6 Å². The zero-order valence-corrected chi connectivity index (χ0v) is 20.8. The second-order valence-corrected chi connectivity index (χ2v) is 11.2. The predicted octanol–water partition coefficient (Wildman–Crippen LogP) is 7.49. The predicted molar refractivity (Wildman–Crippen MR) is 129 cm³/mol. The second kappa shape index (κ2) is 9.45. The molecule has 0 spiro atoms. The number of benzene rings is 1. The van der Waals surface area contributed by atoms with E-state index in [-0.39, 0.29) is 12.0 Å². The first-order valence-corrected chi connectivity index (χ1v) is 12.1. The number of hydrogen-bond donors (Lipinski definition) is 1. The summed E-state index contributed by atoms with van der Waals surface area (Å²) in [5.74, 6) is -0.250. The fourth-order valence-electron chi connectivity index (χ4n) is 3.08. The van der Waals surface area contributed by atoms with Crippen LogP contribution in [-0.4, -0.2) is 18.0 Å². The zero-order chi connectivity index (χ0) is 22.0. The third-order valence-corrected chi connectivity index (χ3v) is 7.16. The number of ether oxygens (including phenoxy) is 1. The van der Waals surface area contributed by atoms with Gasteiger partial charge in [-0.1, -0.05) is 38.1 Å². The summed E-state index contributed by atoms with van der Waals surface area (Å²) in [7, 11) is 0. The summed E-state index contributed by atoms with van der Waals surface area (Å²) >= 11 is 6.12. The van der Waals surface area contributed by atoms with Crippen LogP contribution in [0.1, 0.15) is 64.1 Å². The average molecular weight is 506 g/mol. The van der Waals surface area contributed by atoms with E-state index in [1.807, 2.05) is 39.0 Å². The van der Waals surface area contributed by atoms with Crippen LogP contribution in [0.3, 0.4) is 0 Å². The van der Waals surface area contributed by atoms with Crippen molar-refractivity contribution in [3.63, 3.8) is 0 Å². The highest BCUT2D eigenvalue weighted by Crippen LogP contribution is 2.41. The lowest BCUT2D eigenvalue weighted by Gasteiger charge is -2.12. The van der Waals surface area contributed by atoms with Crippen LogP contribution in [-0.2, 0) is 4.74 Å². The number of rotatable bonds is 6. The summed E-state index contributed by atoms with van der Waals surface area (Å²) in [5.41, 5.74) is 3.38. The van der Waals surface area contributed by atoms with Gasteiger partial charge in [-0.3, -0.25) is 4.79 Å². The molecule has 158 valence electrons. The lowest BCUT2D eigenvalue weighted by Crippen LogP contribution is -2.16. The van der Waals surface area contributed by atoms with Crippen molar-refractivity contribution in [1.82, 2.24) is 0 Å². The SMILES string of the molecule is Cc1sc(NC(=O)c2ccc(Br)s2)c(C(=O)OC(C)C)c1-c1ccc(C(C)C)cc1. The molecule has 0 saturated heterocycles. The van der Waals surface area contributed by atoms with E-state index in [0.29, 0.717) is 21.4 Å². The minimum atomic E-state index is -0.431. The quantitative estimate of drug-likeness (QED) is 0.353. The summed E-state index contributed by atoms with van der Waals surface area (Å²) in [6.45, 7) is 9.88. The summed E-state index contributed by atoms with van der Waals surface area (Å²) in [5, 5.41) is 3.43. The van der Waals surface area contributed by atoms with Crippen molar-refractivity contribution in [3.05, 3.63) is 61.1 Å². The molecule has 0 saturated carbocycles. The first-order chi connectivity index (χ1) is 14.2. The van der Waals surface area contributed by atoms with Gasteiger partial charge in [0.1, 0.15) is 10.6 Å². The van der Waals surface area contributed by atoms with Crippen LogP contribution in [0, 0.1) is 6.92 Å². The van der Waals surface area contributed by atoms with Crippen molar-refractivity contribution in [3.8, 4) is 11.1 Å². The van der Waals surface area contributed by atoms with Crippen molar-refractivity contribution < 1.29 is 14.3 Å². The fourth-order valence-corrected chi connectivity index (χ4v) is 5.42. The third kappa shape index (κ3) is 5.02. The number of nitrogens with one attached hydrogen (secondary N) is 1. The van der Waals surface area contributed by atoms with Gasteiger partial charge >= 0.3 is 5.97 Å². The Morgan fingerprint density at radius 1 is 1.00 bits per heavy atom. The highest BCUT2D eigenvalue weighted by molar-refractivity contribution is 9.11. The fraction of sp³-hybridized carbons (Fsp3) is 0.304. The summed E-state index contributed by atoms with van der Waals surface area (Å²) in [6.07, 6.45) is -0.259. The van der Waals surface area contributed by atoms with Crippen molar-refractivity contribution >= 4 is 55.5 Å². The number of anilines is 1. The van der Waals surface area contributed by atoms with Crippen LogP contribution in [0.15, 0.2) is 40.2 Å². The molecule has 0 unspecified atom stereocenters. The monoisotopic (exact) mass is 505 g/mol. The Kier molecular flexibility index (Phi) is 7.16. The maximum atomic E-state index is 13.0. The topological polar surface area (TPSA) is 55.4 Å². The second-order valence-electron chi connectivity index (χ2n) is 7.53. The minimum Gasteiger partial charge on any atom is -0.459 e. The standard InChI is InChI=1S/C23H24BrNO3S2/c1-12(2)15-6-8-16(9-7-15)19-14(5)29-22(20(19)23(27)28-13(3)4)25-21(26)17-10-11-18(24)30-17/h6-13H,1-5H3,(H,25,26). The molecule has 1 amide bonds. The van der Waals surface area contributed by atoms with Gasteiger partial charge < -0.3 is 10.1 Å². The number of esters is 1. The lowest BCUT2D eigenvalue weighted by molar-refractivity contribution is 0.0380. The number of carbonyl (C=O) groups is 2. The van der Waals surface area contributed by atoms with E-state index in [4.69, 9.17) is 4.74 Å². The van der Waals surface area contributed by atoms with Gasteiger partial charge in [0.2, 0.25) is 0 Å². The molecule has 1 aromatic carbocycles. The summed E-state index contributed by atoms with van der Waals surface area (Å²) in [6, 6.07) is 11.8. The first kappa shape index (κ1) is 22.7. The normalized spacial score (nSPS) is 11.2. The molecular weight excluding hydrogens is 482 g/mol. The molecule has 0 atom stereocenters. The van der Waals surface area contributed by atoms with E-state index in [2.05, 4.69) is 47.2 Å². The molecular formula is C23H24BrNO3S2. The Hall–Kier alpha value is -1.96. The first-order valence-electron chi connectivity index (χ1n) is 9.68. The van der Waals surface area contributed by atoms with E-state index in [1.54, 1.807) is 6.07 Å². The van der Waals surface area contributed by atoms with E-state index in [9.17, 15) is 9.59 Å². The van der Waals surface area contributed by atoms with Gasteiger partial charge in [0.25, 0.3) is 5.91 Å². The van der Waals surface area contributed by atoms with Crippen LogP contribution in [0.4, 0.5) is 5.00 Å². The van der Waals surface area contributed by atoms with Gasteiger partial charge in [-0.2, -0.15) is 0 Å².